The zero-order valence-electron chi connectivity index (χ0n) is 13.2. The van der Waals surface area contributed by atoms with Crippen molar-refractivity contribution in [1.29, 1.82) is 0 Å². The molecule has 0 saturated heterocycles. The molecule has 0 saturated carbocycles. The first-order valence-corrected chi connectivity index (χ1v) is 8.39. The summed E-state index contributed by atoms with van der Waals surface area (Å²) in [6.07, 6.45) is 3.18. The molecule has 0 aliphatic carbocycles. The predicted molar refractivity (Wildman–Crippen MR) is 95.4 cm³/mol. The van der Waals surface area contributed by atoms with Crippen molar-refractivity contribution in [1.82, 2.24) is 9.36 Å². The van der Waals surface area contributed by atoms with Crippen molar-refractivity contribution in [2.24, 2.45) is 0 Å². The van der Waals surface area contributed by atoms with Gasteiger partial charge in [-0.05, 0) is 46.9 Å². The number of hydrogen-bond donors (Lipinski definition) is 1. The van der Waals surface area contributed by atoms with Gasteiger partial charge in [-0.2, -0.15) is 4.37 Å². The van der Waals surface area contributed by atoms with Crippen LogP contribution in [-0.4, -0.2) is 20.4 Å². The number of carboxylic acids is 1. The van der Waals surface area contributed by atoms with Crippen LogP contribution in [0.2, 0.25) is 0 Å². The van der Waals surface area contributed by atoms with E-state index in [-0.39, 0.29) is 5.56 Å². The number of hydrogen-bond acceptors (Lipinski definition) is 5. The summed E-state index contributed by atoms with van der Waals surface area (Å²) in [6, 6.07) is 13.2. The summed E-state index contributed by atoms with van der Waals surface area (Å²) < 4.78 is 23.0. The van der Waals surface area contributed by atoms with Crippen molar-refractivity contribution in [3.63, 3.8) is 0 Å². The van der Waals surface area contributed by atoms with E-state index in [1.165, 1.54) is 17.6 Å². The van der Waals surface area contributed by atoms with Gasteiger partial charge in [0.2, 0.25) is 0 Å². The van der Waals surface area contributed by atoms with Crippen molar-refractivity contribution in [3.05, 3.63) is 72.4 Å². The lowest BCUT2D eigenvalue weighted by Crippen LogP contribution is -2.00. The van der Waals surface area contributed by atoms with Crippen LogP contribution in [0.3, 0.4) is 0 Å². The minimum absolute atomic E-state index is 0.359. The number of aromatic nitrogens is 2. The Bertz CT molecular complexity index is 1090. The summed E-state index contributed by atoms with van der Waals surface area (Å²) in [6.45, 7) is 0. The first kappa shape index (κ1) is 16.2. The van der Waals surface area contributed by atoms with Crippen molar-refractivity contribution >= 4 is 17.5 Å². The molecule has 7 heteroatoms. The third kappa shape index (κ3) is 3.00. The lowest BCUT2D eigenvalue weighted by Gasteiger charge is -2.06. The van der Waals surface area contributed by atoms with Gasteiger partial charge in [0, 0.05) is 5.56 Å². The molecule has 2 aromatic carbocycles. The fraction of sp³-hybridized carbons (Fsp3) is 0. The summed E-state index contributed by atoms with van der Waals surface area (Å²) in [4.78, 5) is 15.7. The molecular formula is C19H11FN2O3S. The van der Waals surface area contributed by atoms with Gasteiger partial charge < -0.3 is 9.52 Å². The van der Waals surface area contributed by atoms with Crippen molar-refractivity contribution in [3.8, 4) is 33.1 Å². The topological polar surface area (TPSA) is 76.2 Å². The maximum atomic E-state index is 13.6. The molecule has 1 N–H and O–H groups in total. The summed E-state index contributed by atoms with van der Waals surface area (Å²) >= 11 is 1.26. The molecule has 0 radical (unpaired) electrons. The minimum atomic E-state index is -1.30. The number of carbonyl (C=O) groups is 1. The molecule has 0 aliphatic heterocycles. The van der Waals surface area contributed by atoms with Crippen molar-refractivity contribution in [2.75, 3.05) is 0 Å². The van der Waals surface area contributed by atoms with Gasteiger partial charge in [0.15, 0.2) is 5.82 Å². The maximum absolute atomic E-state index is 13.6. The largest absolute Gasteiger partial charge is 0.478 e. The van der Waals surface area contributed by atoms with E-state index in [9.17, 15) is 9.18 Å². The van der Waals surface area contributed by atoms with Crippen LogP contribution >= 0.6 is 11.5 Å². The molecule has 0 fully saturated rings. The van der Waals surface area contributed by atoms with Gasteiger partial charge in [-0.25, -0.2) is 14.2 Å². The lowest BCUT2D eigenvalue weighted by molar-refractivity contribution is 0.0692. The number of halogens is 1. The first-order chi connectivity index (χ1) is 12.6. The van der Waals surface area contributed by atoms with Crippen molar-refractivity contribution in [2.45, 2.75) is 0 Å². The van der Waals surface area contributed by atoms with Crippen LogP contribution in [0.5, 0.6) is 0 Å². The molecule has 26 heavy (non-hydrogen) atoms. The second-order valence-electron chi connectivity index (χ2n) is 5.52. The normalized spacial score (nSPS) is 10.8. The SMILES string of the molecule is O=C(O)c1cc(-c2cccc(-c3nsc(-c4ccoc4)n3)c2)ccc1F. The minimum Gasteiger partial charge on any atom is -0.478 e. The van der Waals surface area contributed by atoms with E-state index in [1.54, 1.807) is 18.6 Å². The van der Waals surface area contributed by atoms with Gasteiger partial charge in [-0.1, -0.05) is 24.3 Å². The van der Waals surface area contributed by atoms with E-state index in [1.807, 2.05) is 30.3 Å². The standard InChI is InChI=1S/C19H11FN2O3S/c20-16-5-4-12(9-15(16)19(23)24)11-2-1-3-13(8-11)17-21-18(26-22-17)14-6-7-25-10-14/h1-10H,(H,23,24). The van der Waals surface area contributed by atoms with E-state index >= 15 is 0 Å². The maximum Gasteiger partial charge on any atom is 0.338 e. The Balaban J connectivity index is 1.72. The Morgan fingerprint density at radius 1 is 1.04 bits per heavy atom. The molecule has 4 aromatic rings. The second kappa shape index (κ2) is 6.53. The summed E-state index contributed by atoms with van der Waals surface area (Å²) in [5.74, 6) is -1.50. The average molecular weight is 366 g/mol. The highest BCUT2D eigenvalue weighted by Gasteiger charge is 2.13. The third-order valence-corrected chi connectivity index (χ3v) is 4.61. The van der Waals surface area contributed by atoms with Crippen molar-refractivity contribution < 1.29 is 18.7 Å². The molecule has 0 amide bonds. The highest BCUT2D eigenvalue weighted by Crippen LogP contribution is 2.29. The van der Waals surface area contributed by atoms with Gasteiger partial charge >= 0.3 is 5.97 Å². The Hall–Kier alpha value is -3.32. The number of benzene rings is 2. The van der Waals surface area contributed by atoms with Crippen LogP contribution < -0.4 is 0 Å². The zero-order chi connectivity index (χ0) is 18.1. The van der Waals surface area contributed by atoms with Gasteiger partial charge in [0.05, 0.1) is 17.4 Å². The molecule has 0 aliphatic rings. The zero-order valence-corrected chi connectivity index (χ0v) is 14.0. The molecule has 0 unspecified atom stereocenters. The average Bonchev–Trinajstić information content (AvgIpc) is 3.33. The van der Waals surface area contributed by atoms with E-state index in [2.05, 4.69) is 9.36 Å². The Kier molecular flexibility index (Phi) is 4.06. The fourth-order valence-corrected chi connectivity index (χ4v) is 3.22. The molecule has 2 heterocycles. The smallest absolute Gasteiger partial charge is 0.338 e. The Morgan fingerprint density at radius 3 is 2.62 bits per heavy atom. The number of carboxylic acid groups (broad SMARTS) is 1. The predicted octanol–water partition coefficient (Wildman–Crippen LogP) is 4.97. The second-order valence-corrected chi connectivity index (χ2v) is 6.27. The molecule has 2 aromatic heterocycles. The van der Waals surface area contributed by atoms with E-state index < -0.39 is 11.8 Å². The number of rotatable bonds is 4. The van der Waals surface area contributed by atoms with Crippen LogP contribution in [0, 0.1) is 5.82 Å². The highest BCUT2D eigenvalue weighted by molar-refractivity contribution is 7.09. The number of aromatic carboxylic acids is 1. The number of nitrogens with zero attached hydrogens (tertiary/aromatic N) is 2. The molecule has 4 rings (SSSR count). The van der Waals surface area contributed by atoms with Crippen LogP contribution in [0.1, 0.15) is 10.4 Å². The molecule has 0 atom stereocenters. The van der Waals surface area contributed by atoms with Crippen LogP contribution in [0.4, 0.5) is 4.39 Å². The highest BCUT2D eigenvalue weighted by atomic mass is 32.1. The molecule has 5 nitrogen and oxygen atoms in total. The van der Waals surface area contributed by atoms with E-state index in [4.69, 9.17) is 9.52 Å². The van der Waals surface area contributed by atoms with Crippen LogP contribution in [0.15, 0.2) is 65.5 Å². The monoisotopic (exact) mass is 366 g/mol. The van der Waals surface area contributed by atoms with Gasteiger partial charge in [-0.15, -0.1) is 0 Å². The summed E-state index contributed by atoms with van der Waals surface area (Å²) in [5, 5.41) is 9.84. The Morgan fingerprint density at radius 2 is 1.85 bits per heavy atom. The summed E-state index contributed by atoms with van der Waals surface area (Å²) in [7, 11) is 0. The fourth-order valence-electron chi connectivity index (χ4n) is 2.55. The molecular weight excluding hydrogens is 355 g/mol. The summed E-state index contributed by atoms with van der Waals surface area (Å²) in [5.41, 5.74) is 2.65. The Labute approximate surface area is 151 Å². The first-order valence-electron chi connectivity index (χ1n) is 7.62. The van der Waals surface area contributed by atoms with E-state index in [0.29, 0.717) is 11.4 Å². The van der Waals surface area contributed by atoms with Crippen LogP contribution in [-0.2, 0) is 0 Å². The van der Waals surface area contributed by atoms with Gasteiger partial charge in [0.1, 0.15) is 17.1 Å². The molecule has 0 spiro atoms. The third-order valence-electron chi connectivity index (χ3n) is 3.85. The molecule has 0 bridgehead atoms. The quantitative estimate of drug-likeness (QED) is 0.552. The van der Waals surface area contributed by atoms with Crippen LogP contribution in [0.25, 0.3) is 33.1 Å². The van der Waals surface area contributed by atoms with Gasteiger partial charge in [-0.3, -0.25) is 0 Å². The lowest BCUT2D eigenvalue weighted by atomic mass is 10.0. The van der Waals surface area contributed by atoms with E-state index in [0.717, 1.165) is 27.8 Å². The number of furan rings is 1. The molecule has 128 valence electrons. The van der Waals surface area contributed by atoms with Gasteiger partial charge in [0.25, 0.3) is 0 Å².